The largest absolute Gasteiger partial charge is 0.480 e. The second-order valence-electron chi connectivity index (χ2n) is 20.4. The van der Waals surface area contributed by atoms with Crippen molar-refractivity contribution in [2.75, 3.05) is 26.0 Å². The number of hydrogen-bond acceptors (Lipinski definition) is 7. The van der Waals surface area contributed by atoms with E-state index in [-0.39, 0.29) is 18.7 Å². The van der Waals surface area contributed by atoms with Gasteiger partial charge in [-0.3, -0.25) is 19.8 Å². The van der Waals surface area contributed by atoms with Crippen LogP contribution in [0.15, 0.2) is 224 Å². The Balaban J connectivity index is 1.04. The second kappa shape index (κ2) is 24.6. The van der Waals surface area contributed by atoms with Crippen molar-refractivity contribution in [1.82, 2.24) is 20.4 Å². The fourth-order valence-corrected chi connectivity index (χ4v) is 13.5. The maximum atomic E-state index is 16.0. The molecule has 8 aromatic carbocycles. The molecule has 1 heterocycles. The standard InChI is InChI=1S/C68H66N4O6S/c1-48-41-43-51(44-42-48)67(49-25-8-3-9-26-49,50-27-10-4-11-28-50)69-45-23-22-39-60(72(66(77)78-2)62-57-37-20-18-35-55(57)56-36-19-21-38-58(56)62)63(73)70-59(64(74)71-46-24-40-61(71)65(75)76)47-79-68(52-29-12-5-13-30-52,53-31-14-6-15-32-53)54-33-16-7-17-34-54/h3-21,25-38,41-44,59-62,69H,22-24,39-40,45-47H2,1-2H3,(H,70,73)(H,75,76)/t59-,60-,61-/m0/s1. The number of carbonyl (C=O) groups is 4. The van der Waals surface area contributed by atoms with Crippen LogP contribution in [0.3, 0.4) is 0 Å². The topological polar surface area (TPSA) is 128 Å². The Morgan fingerprint density at radius 1 is 0.620 bits per heavy atom. The van der Waals surface area contributed by atoms with Crippen LogP contribution in [0, 0.1) is 6.92 Å². The lowest BCUT2D eigenvalue weighted by Crippen LogP contribution is -2.58. The molecule has 10 rings (SSSR count). The number of carbonyl (C=O) groups excluding carboxylic acids is 3. The van der Waals surface area contributed by atoms with E-state index in [0.29, 0.717) is 32.2 Å². The van der Waals surface area contributed by atoms with Gasteiger partial charge in [-0.15, -0.1) is 11.8 Å². The highest BCUT2D eigenvalue weighted by Crippen LogP contribution is 2.50. The van der Waals surface area contributed by atoms with Crippen molar-refractivity contribution >= 4 is 35.6 Å². The summed E-state index contributed by atoms with van der Waals surface area (Å²) in [5, 5.41) is 17.7. The zero-order chi connectivity index (χ0) is 54.8. The summed E-state index contributed by atoms with van der Waals surface area (Å²) in [5.41, 5.74) is 10.1. The molecule has 10 nitrogen and oxygen atoms in total. The number of benzene rings is 8. The zero-order valence-electron chi connectivity index (χ0n) is 44.6. The highest BCUT2D eigenvalue weighted by atomic mass is 32.2. The van der Waals surface area contributed by atoms with Crippen LogP contribution in [0.4, 0.5) is 4.79 Å². The Bertz CT molecular complexity index is 3170. The number of methoxy groups -OCH3 is 1. The minimum atomic E-state index is -1.22. The molecule has 0 radical (unpaired) electrons. The number of rotatable bonds is 21. The number of amides is 3. The highest BCUT2D eigenvalue weighted by Gasteiger charge is 2.46. The predicted octanol–water partition coefficient (Wildman–Crippen LogP) is 12.5. The van der Waals surface area contributed by atoms with E-state index >= 15 is 9.59 Å². The van der Waals surface area contributed by atoms with Crippen LogP contribution in [0.5, 0.6) is 0 Å². The van der Waals surface area contributed by atoms with Crippen LogP contribution < -0.4 is 10.6 Å². The van der Waals surface area contributed by atoms with Gasteiger partial charge >= 0.3 is 12.1 Å². The van der Waals surface area contributed by atoms with Gasteiger partial charge in [0.2, 0.25) is 11.8 Å². The van der Waals surface area contributed by atoms with Crippen molar-refractivity contribution in [3.8, 4) is 11.1 Å². The molecule has 2 aliphatic rings. The lowest BCUT2D eigenvalue weighted by molar-refractivity contribution is -0.149. The van der Waals surface area contributed by atoms with Gasteiger partial charge < -0.3 is 20.1 Å². The molecule has 3 atom stereocenters. The Hall–Kier alpha value is -8.25. The van der Waals surface area contributed by atoms with E-state index in [0.717, 1.165) is 61.2 Å². The molecule has 0 saturated carbocycles. The fourth-order valence-electron chi connectivity index (χ4n) is 12.0. The van der Waals surface area contributed by atoms with Crippen LogP contribution in [-0.2, 0) is 29.4 Å². The third-order valence-electron chi connectivity index (χ3n) is 15.7. The van der Waals surface area contributed by atoms with Crippen molar-refractivity contribution in [3.05, 3.63) is 275 Å². The number of hydrogen-bond donors (Lipinski definition) is 3. The molecular weight excluding hydrogens is 1000 g/mol. The number of fused-ring (bicyclic) bond motifs is 3. The molecule has 11 heteroatoms. The lowest BCUT2D eigenvalue weighted by atomic mass is 9.76. The fraction of sp³-hybridized carbons (Fsp3) is 0.235. The number of carboxylic acids is 1. The van der Waals surface area contributed by atoms with Gasteiger partial charge in [-0.05, 0) is 101 Å². The Kier molecular flexibility index (Phi) is 16.9. The number of aliphatic carboxylic acids is 1. The summed E-state index contributed by atoms with van der Waals surface area (Å²) >= 11 is 1.51. The molecule has 0 aromatic heterocycles. The molecule has 1 aliphatic carbocycles. The van der Waals surface area contributed by atoms with Crippen LogP contribution in [0.1, 0.15) is 88.2 Å². The number of ether oxygens (including phenoxy) is 1. The number of nitrogens with one attached hydrogen (secondary N) is 2. The minimum absolute atomic E-state index is 0.0517. The first-order chi connectivity index (χ1) is 38.6. The van der Waals surface area contributed by atoms with Crippen LogP contribution in [-0.4, -0.2) is 82.9 Å². The third-order valence-corrected chi connectivity index (χ3v) is 17.4. The van der Waals surface area contributed by atoms with E-state index in [4.69, 9.17) is 4.74 Å². The van der Waals surface area contributed by atoms with E-state index in [1.807, 2.05) is 115 Å². The zero-order valence-corrected chi connectivity index (χ0v) is 45.4. The van der Waals surface area contributed by atoms with E-state index in [2.05, 4.69) is 127 Å². The molecular formula is C68H66N4O6S. The maximum Gasteiger partial charge on any atom is 0.410 e. The van der Waals surface area contributed by atoms with Crippen LogP contribution in [0.25, 0.3) is 11.1 Å². The van der Waals surface area contributed by atoms with Crippen molar-refractivity contribution in [2.45, 2.75) is 73.5 Å². The van der Waals surface area contributed by atoms with Crippen molar-refractivity contribution in [1.29, 1.82) is 0 Å². The summed E-state index contributed by atoms with van der Waals surface area (Å²) < 4.78 is 4.80. The van der Waals surface area contributed by atoms with Crippen molar-refractivity contribution in [3.63, 3.8) is 0 Å². The van der Waals surface area contributed by atoms with E-state index in [1.54, 1.807) is 4.90 Å². The number of unbranched alkanes of at least 4 members (excludes halogenated alkanes) is 1. The molecule has 1 saturated heterocycles. The molecule has 0 spiro atoms. The molecule has 0 unspecified atom stereocenters. The van der Waals surface area contributed by atoms with Gasteiger partial charge in [0.15, 0.2) is 0 Å². The SMILES string of the molecule is COC(=O)N(C1c2ccccc2-c2ccccc21)[C@@H](CCCCNC(c1ccccc1)(c1ccccc1)c1ccc(C)cc1)C(=O)N[C@@H](CSC(c1ccccc1)(c1ccccc1)c1ccccc1)C(=O)N1CCC[C@H]1C(=O)O. The quantitative estimate of drug-likeness (QED) is 0.0479. The van der Waals surface area contributed by atoms with Gasteiger partial charge in [0, 0.05) is 12.3 Å². The van der Waals surface area contributed by atoms with Gasteiger partial charge in [-0.25, -0.2) is 9.59 Å². The summed E-state index contributed by atoms with van der Waals surface area (Å²) in [7, 11) is 1.33. The predicted molar refractivity (Wildman–Crippen MR) is 314 cm³/mol. The van der Waals surface area contributed by atoms with Gasteiger partial charge in [0.1, 0.15) is 18.1 Å². The van der Waals surface area contributed by atoms with Gasteiger partial charge in [-0.2, -0.15) is 0 Å². The Morgan fingerprint density at radius 2 is 1.08 bits per heavy atom. The average Bonchev–Trinajstić information content (AvgIpc) is 4.37. The number of likely N-dealkylation sites (tertiary alicyclic amines) is 1. The number of nitrogens with zero attached hydrogens (tertiary/aromatic N) is 2. The van der Waals surface area contributed by atoms with E-state index in [1.165, 1.54) is 23.8 Å². The van der Waals surface area contributed by atoms with E-state index < -0.39 is 58.3 Å². The van der Waals surface area contributed by atoms with Gasteiger partial charge in [0.05, 0.1) is 23.4 Å². The Morgan fingerprint density at radius 3 is 1.56 bits per heavy atom. The van der Waals surface area contributed by atoms with Crippen LogP contribution >= 0.6 is 11.8 Å². The first-order valence-corrected chi connectivity index (χ1v) is 28.3. The third kappa shape index (κ3) is 11.0. The summed E-state index contributed by atoms with van der Waals surface area (Å²) in [6.45, 7) is 2.84. The molecule has 3 N–H and O–H groups in total. The highest BCUT2D eigenvalue weighted by molar-refractivity contribution is 8.00. The Labute approximate surface area is 467 Å². The molecule has 3 amide bonds. The van der Waals surface area contributed by atoms with Crippen molar-refractivity contribution < 1.29 is 29.0 Å². The van der Waals surface area contributed by atoms with E-state index in [9.17, 15) is 14.7 Å². The molecule has 1 fully saturated rings. The molecule has 400 valence electrons. The molecule has 79 heavy (non-hydrogen) atoms. The molecule has 8 aromatic rings. The number of carboxylic acid groups (broad SMARTS) is 1. The minimum Gasteiger partial charge on any atom is -0.480 e. The summed E-state index contributed by atoms with van der Waals surface area (Å²) in [6, 6.07) is 71.5. The summed E-state index contributed by atoms with van der Waals surface area (Å²) in [4.78, 5) is 62.0. The second-order valence-corrected chi connectivity index (χ2v) is 21.7. The normalized spacial score (nSPS) is 14.9. The monoisotopic (exact) mass is 1070 g/mol. The first-order valence-electron chi connectivity index (χ1n) is 27.3. The number of thioether (sulfide) groups is 1. The van der Waals surface area contributed by atoms with Crippen molar-refractivity contribution in [2.24, 2.45) is 0 Å². The van der Waals surface area contributed by atoms with Gasteiger partial charge in [-0.1, -0.05) is 230 Å². The smallest absolute Gasteiger partial charge is 0.410 e. The summed E-state index contributed by atoms with van der Waals surface area (Å²) in [6.07, 6.45) is 1.40. The first kappa shape index (κ1) is 54.1. The summed E-state index contributed by atoms with van der Waals surface area (Å²) in [5.74, 6) is -2.08. The molecule has 0 bridgehead atoms. The van der Waals surface area contributed by atoms with Crippen LogP contribution in [0.2, 0.25) is 0 Å². The molecule has 1 aliphatic heterocycles. The maximum absolute atomic E-state index is 16.0. The lowest BCUT2D eigenvalue weighted by Gasteiger charge is -2.39. The average molecular weight is 1070 g/mol. The number of aryl methyl sites for hydroxylation is 1. The van der Waals surface area contributed by atoms with Gasteiger partial charge in [0.25, 0.3) is 0 Å².